The second-order valence-electron chi connectivity index (χ2n) is 6.60. The van der Waals surface area contributed by atoms with Crippen LogP contribution in [0, 0.1) is 13.8 Å². The van der Waals surface area contributed by atoms with E-state index in [1.165, 1.54) is 0 Å². The Morgan fingerprint density at radius 3 is 2.25 bits per heavy atom. The Morgan fingerprint density at radius 2 is 1.71 bits per heavy atom. The van der Waals surface area contributed by atoms with Crippen LogP contribution in [-0.2, 0) is 9.59 Å². The van der Waals surface area contributed by atoms with Crippen LogP contribution in [0.3, 0.4) is 0 Å². The molecule has 1 aliphatic rings. The van der Waals surface area contributed by atoms with Gasteiger partial charge in [-0.2, -0.15) is 0 Å². The molecule has 5 heteroatoms. The predicted molar refractivity (Wildman–Crippen MR) is 95.0 cm³/mol. The van der Waals surface area contributed by atoms with Gasteiger partial charge in [-0.05, 0) is 56.9 Å². The van der Waals surface area contributed by atoms with Gasteiger partial charge in [0.05, 0.1) is 6.10 Å². The Bertz CT molecular complexity index is 572. The molecular weight excluding hydrogens is 304 g/mol. The third-order valence-corrected chi connectivity index (χ3v) is 4.51. The van der Waals surface area contributed by atoms with Gasteiger partial charge in [0.2, 0.25) is 11.8 Å². The van der Waals surface area contributed by atoms with Crippen LogP contribution < -0.4 is 4.90 Å². The maximum atomic E-state index is 12.6. The van der Waals surface area contributed by atoms with Crippen LogP contribution in [0.15, 0.2) is 18.2 Å². The molecule has 1 fully saturated rings. The SMILES string of the molecule is CCN(C(=O)CCC(=O)N1CCC(O)CC1)c1cc(C)cc(C)c1. The van der Waals surface area contributed by atoms with Crippen molar-refractivity contribution in [3.8, 4) is 0 Å². The van der Waals surface area contributed by atoms with Crippen LogP contribution in [-0.4, -0.2) is 47.6 Å². The minimum absolute atomic E-state index is 0.00623. The molecule has 1 heterocycles. The third-order valence-electron chi connectivity index (χ3n) is 4.51. The summed E-state index contributed by atoms with van der Waals surface area (Å²) in [4.78, 5) is 28.3. The zero-order valence-electron chi connectivity index (χ0n) is 14.9. The molecule has 1 N–H and O–H groups in total. The molecule has 0 saturated carbocycles. The van der Waals surface area contributed by atoms with Crippen molar-refractivity contribution < 1.29 is 14.7 Å². The van der Waals surface area contributed by atoms with Gasteiger partial charge in [-0.25, -0.2) is 0 Å². The molecule has 24 heavy (non-hydrogen) atoms. The lowest BCUT2D eigenvalue weighted by Gasteiger charge is -2.30. The Hall–Kier alpha value is -1.88. The zero-order chi connectivity index (χ0) is 17.7. The summed E-state index contributed by atoms with van der Waals surface area (Å²) in [6.45, 7) is 7.74. The summed E-state index contributed by atoms with van der Waals surface area (Å²) < 4.78 is 0. The monoisotopic (exact) mass is 332 g/mol. The molecule has 0 aliphatic carbocycles. The number of aliphatic hydroxyl groups is 1. The standard InChI is InChI=1S/C19H28N2O3/c1-4-21(16-12-14(2)11-15(3)13-16)19(24)6-5-18(23)20-9-7-17(22)8-10-20/h11-13,17,22H,4-10H2,1-3H3. The zero-order valence-corrected chi connectivity index (χ0v) is 14.9. The highest BCUT2D eigenvalue weighted by atomic mass is 16.3. The number of piperidine rings is 1. The van der Waals surface area contributed by atoms with Crippen LogP contribution in [0.4, 0.5) is 5.69 Å². The van der Waals surface area contributed by atoms with Crippen molar-refractivity contribution in [3.05, 3.63) is 29.3 Å². The van der Waals surface area contributed by atoms with Gasteiger partial charge in [0.1, 0.15) is 0 Å². The van der Waals surface area contributed by atoms with Crippen molar-refractivity contribution in [3.63, 3.8) is 0 Å². The third kappa shape index (κ3) is 4.81. The summed E-state index contributed by atoms with van der Waals surface area (Å²) >= 11 is 0. The topological polar surface area (TPSA) is 60.9 Å². The summed E-state index contributed by atoms with van der Waals surface area (Å²) in [5.74, 6) is -0.0142. The van der Waals surface area contributed by atoms with Crippen LogP contribution in [0.5, 0.6) is 0 Å². The number of likely N-dealkylation sites (tertiary alicyclic amines) is 1. The first-order valence-corrected chi connectivity index (χ1v) is 8.75. The van der Waals surface area contributed by atoms with Crippen LogP contribution >= 0.6 is 0 Å². The van der Waals surface area contributed by atoms with Crippen LogP contribution in [0.2, 0.25) is 0 Å². The maximum Gasteiger partial charge on any atom is 0.227 e. The van der Waals surface area contributed by atoms with Gasteiger partial charge in [0.15, 0.2) is 0 Å². The fraction of sp³-hybridized carbons (Fsp3) is 0.579. The number of carbonyl (C=O) groups is 2. The van der Waals surface area contributed by atoms with E-state index < -0.39 is 0 Å². The summed E-state index contributed by atoms with van der Waals surface area (Å²) in [6, 6.07) is 6.08. The number of benzene rings is 1. The lowest BCUT2D eigenvalue weighted by atomic mass is 10.1. The summed E-state index contributed by atoms with van der Waals surface area (Å²) in [5, 5.41) is 9.50. The van der Waals surface area contributed by atoms with Crippen molar-refractivity contribution in [2.24, 2.45) is 0 Å². The molecule has 0 spiro atoms. The molecule has 0 aromatic heterocycles. The minimum atomic E-state index is -0.296. The largest absolute Gasteiger partial charge is 0.393 e. The molecule has 0 bridgehead atoms. The van der Waals surface area contributed by atoms with Gasteiger partial charge in [-0.1, -0.05) is 6.07 Å². The van der Waals surface area contributed by atoms with Crippen molar-refractivity contribution >= 4 is 17.5 Å². The number of hydrogen-bond donors (Lipinski definition) is 1. The summed E-state index contributed by atoms with van der Waals surface area (Å²) in [7, 11) is 0. The fourth-order valence-corrected chi connectivity index (χ4v) is 3.23. The van der Waals surface area contributed by atoms with E-state index in [0.29, 0.717) is 32.5 Å². The van der Waals surface area contributed by atoms with E-state index in [2.05, 4.69) is 6.07 Å². The molecule has 1 aromatic carbocycles. The smallest absolute Gasteiger partial charge is 0.227 e. The van der Waals surface area contributed by atoms with Gasteiger partial charge in [-0.3, -0.25) is 9.59 Å². The lowest BCUT2D eigenvalue weighted by molar-refractivity contribution is -0.134. The number of aryl methyl sites for hydroxylation is 2. The van der Waals surface area contributed by atoms with Crippen molar-refractivity contribution in [1.82, 2.24) is 4.90 Å². The van der Waals surface area contributed by atoms with E-state index in [1.54, 1.807) is 9.80 Å². The highest BCUT2D eigenvalue weighted by Gasteiger charge is 2.22. The molecule has 1 saturated heterocycles. The fourth-order valence-electron chi connectivity index (χ4n) is 3.23. The lowest BCUT2D eigenvalue weighted by Crippen LogP contribution is -2.40. The van der Waals surface area contributed by atoms with E-state index in [9.17, 15) is 14.7 Å². The van der Waals surface area contributed by atoms with E-state index >= 15 is 0 Å². The van der Waals surface area contributed by atoms with Crippen molar-refractivity contribution in [2.75, 3.05) is 24.5 Å². The second-order valence-corrected chi connectivity index (χ2v) is 6.60. The number of anilines is 1. The Balaban J connectivity index is 1.93. The van der Waals surface area contributed by atoms with Crippen molar-refractivity contribution in [2.45, 2.75) is 52.6 Å². The van der Waals surface area contributed by atoms with E-state index in [0.717, 1.165) is 16.8 Å². The molecule has 1 aliphatic heterocycles. The minimum Gasteiger partial charge on any atom is -0.393 e. The summed E-state index contributed by atoms with van der Waals surface area (Å²) in [5.41, 5.74) is 3.15. The second kappa shape index (κ2) is 8.29. The molecule has 0 radical (unpaired) electrons. The molecule has 0 unspecified atom stereocenters. The number of nitrogens with zero attached hydrogens (tertiary/aromatic N) is 2. The van der Waals surface area contributed by atoms with Gasteiger partial charge >= 0.3 is 0 Å². The number of carbonyl (C=O) groups excluding carboxylic acids is 2. The quantitative estimate of drug-likeness (QED) is 0.901. The Labute approximate surface area is 144 Å². The average molecular weight is 332 g/mol. The van der Waals surface area contributed by atoms with Gasteiger partial charge in [0, 0.05) is 38.2 Å². The van der Waals surface area contributed by atoms with Gasteiger partial charge in [0.25, 0.3) is 0 Å². The molecule has 2 amide bonds. The molecular formula is C19H28N2O3. The van der Waals surface area contributed by atoms with Crippen LogP contribution in [0.1, 0.15) is 43.7 Å². The summed E-state index contributed by atoms with van der Waals surface area (Å²) in [6.07, 6.45) is 1.41. The van der Waals surface area contributed by atoms with Gasteiger partial charge in [-0.15, -0.1) is 0 Å². The van der Waals surface area contributed by atoms with Gasteiger partial charge < -0.3 is 14.9 Å². The number of aliphatic hydroxyl groups excluding tert-OH is 1. The maximum absolute atomic E-state index is 12.6. The molecule has 0 atom stereocenters. The first kappa shape index (κ1) is 18.5. The molecule has 132 valence electrons. The number of rotatable bonds is 5. The van der Waals surface area contributed by atoms with E-state index in [4.69, 9.17) is 0 Å². The van der Waals surface area contributed by atoms with E-state index in [1.807, 2.05) is 32.9 Å². The number of hydrogen-bond acceptors (Lipinski definition) is 3. The molecule has 5 nitrogen and oxygen atoms in total. The van der Waals surface area contributed by atoms with Crippen molar-refractivity contribution in [1.29, 1.82) is 0 Å². The van der Waals surface area contributed by atoms with E-state index in [-0.39, 0.29) is 30.8 Å². The predicted octanol–water partition coefficient (Wildman–Crippen LogP) is 2.42. The first-order chi connectivity index (χ1) is 11.4. The molecule has 1 aromatic rings. The number of amides is 2. The first-order valence-electron chi connectivity index (χ1n) is 8.75. The Morgan fingerprint density at radius 1 is 1.12 bits per heavy atom. The normalized spacial score (nSPS) is 15.4. The highest BCUT2D eigenvalue weighted by Crippen LogP contribution is 2.20. The average Bonchev–Trinajstić information content (AvgIpc) is 2.53. The van der Waals surface area contributed by atoms with Crippen LogP contribution in [0.25, 0.3) is 0 Å². The molecule has 2 rings (SSSR count). The Kier molecular flexibility index (Phi) is 6.37. The highest BCUT2D eigenvalue weighted by molar-refractivity contribution is 5.95.